The number of aliphatic carboxylic acids is 2. The van der Waals surface area contributed by atoms with Gasteiger partial charge in [0, 0.05) is 0 Å². The molecule has 10 nitrogen and oxygen atoms in total. The van der Waals surface area contributed by atoms with E-state index in [0.29, 0.717) is 22.0 Å². The quantitative estimate of drug-likeness (QED) is 0.526. The van der Waals surface area contributed by atoms with Crippen LogP contribution in [0.3, 0.4) is 0 Å². The highest BCUT2D eigenvalue weighted by atomic mass is 16.4. The molecule has 2 heterocycles. The molecule has 2 aromatic heterocycles. The van der Waals surface area contributed by atoms with Gasteiger partial charge in [-0.2, -0.15) is 0 Å². The molecule has 10 heteroatoms. The highest BCUT2D eigenvalue weighted by Crippen LogP contribution is 2.24. The third-order valence-electron chi connectivity index (χ3n) is 6.38. The predicted octanol–water partition coefficient (Wildman–Crippen LogP) is 1.26. The van der Waals surface area contributed by atoms with Crippen LogP contribution in [-0.4, -0.2) is 31.3 Å². The number of benzene rings is 1. The first-order chi connectivity index (χ1) is 15.0. The number of carboxylic acid groups (broad SMARTS) is 2. The number of fused-ring (bicyclic) bond motifs is 2. The van der Waals surface area contributed by atoms with Crippen LogP contribution in [-0.2, 0) is 9.59 Å². The highest BCUT2D eigenvalue weighted by Gasteiger charge is 2.33. The van der Waals surface area contributed by atoms with Gasteiger partial charge < -0.3 is 10.2 Å². The monoisotopic (exact) mass is 444 g/mol. The van der Waals surface area contributed by atoms with E-state index in [2.05, 4.69) is 0 Å². The van der Waals surface area contributed by atoms with Crippen molar-refractivity contribution in [2.45, 2.75) is 52.6 Å². The van der Waals surface area contributed by atoms with Crippen LogP contribution in [0.25, 0.3) is 21.5 Å². The Morgan fingerprint density at radius 3 is 1.12 bits per heavy atom. The maximum atomic E-state index is 13.0. The lowest BCUT2D eigenvalue weighted by atomic mass is 9.99. The fourth-order valence-corrected chi connectivity index (χ4v) is 4.18. The molecule has 0 saturated heterocycles. The van der Waals surface area contributed by atoms with Gasteiger partial charge in [0.2, 0.25) is 0 Å². The van der Waals surface area contributed by atoms with Crippen molar-refractivity contribution in [3.05, 3.63) is 53.5 Å². The van der Waals surface area contributed by atoms with Crippen molar-refractivity contribution < 1.29 is 19.8 Å². The van der Waals surface area contributed by atoms with Crippen molar-refractivity contribution in [3.63, 3.8) is 0 Å². The molecule has 2 unspecified atom stereocenters. The Hall–Kier alpha value is -3.56. The van der Waals surface area contributed by atoms with Crippen molar-refractivity contribution in [3.8, 4) is 0 Å². The first kappa shape index (κ1) is 23.1. The summed E-state index contributed by atoms with van der Waals surface area (Å²) in [4.78, 5) is 75.5. The summed E-state index contributed by atoms with van der Waals surface area (Å²) >= 11 is 0. The van der Waals surface area contributed by atoms with Gasteiger partial charge in [0.15, 0.2) is 0 Å². The number of hydrogen-bond acceptors (Lipinski definition) is 6. The minimum atomic E-state index is -1.40. The fraction of sp³-hybridized carbons (Fsp3) is 0.455. The first-order valence-corrected chi connectivity index (χ1v) is 10.4. The number of carboxylic acids is 2. The third-order valence-corrected chi connectivity index (χ3v) is 6.38. The van der Waals surface area contributed by atoms with Gasteiger partial charge in [-0.15, -0.1) is 0 Å². The van der Waals surface area contributed by atoms with Crippen molar-refractivity contribution in [2.24, 2.45) is 11.8 Å². The highest BCUT2D eigenvalue weighted by molar-refractivity contribution is 5.98. The summed E-state index contributed by atoms with van der Waals surface area (Å²) in [5, 5.41) is 18.5. The van der Waals surface area contributed by atoms with E-state index in [9.17, 15) is 39.0 Å². The molecular weight excluding hydrogens is 420 g/mol. The minimum Gasteiger partial charge on any atom is -0.480 e. The van der Waals surface area contributed by atoms with Gasteiger partial charge in [0.25, 0.3) is 22.2 Å². The van der Waals surface area contributed by atoms with Crippen LogP contribution in [0, 0.1) is 11.8 Å². The normalized spacial score (nSPS) is 15.6. The molecule has 32 heavy (non-hydrogen) atoms. The summed E-state index contributed by atoms with van der Waals surface area (Å²) in [6, 6.07) is -0.606. The van der Waals surface area contributed by atoms with Gasteiger partial charge in [-0.1, -0.05) is 40.5 Å². The third kappa shape index (κ3) is 3.26. The van der Waals surface area contributed by atoms with E-state index in [-0.39, 0.29) is 21.5 Å². The molecule has 3 aromatic rings. The van der Waals surface area contributed by atoms with Crippen LogP contribution >= 0.6 is 0 Å². The van der Waals surface area contributed by atoms with E-state index in [1.165, 1.54) is 0 Å². The van der Waals surface area contributed by atoms with Crippen molar-refractivity contribution in [2.75, 3.05) is 0 Å². The SMILES string of the molecule is CCC(C)[C@@H](C(=O)O)n1c(=O)c2cc3c(=O)n([C@H](C(=O)O)C(C)CC)c(=O)c3cc2c1=O. The number of nitrogens with zero attached hydrogens (tertiary/aromatic N) is 2. The van der Waals surface area contributed by atoms with E-state index in [1.54, 1.807) is 27.7 Å². The average Bonchev–Trinajstić information content (AvgIpc) is 3.12. The lowest BCUT2D eigenvalue weighted by Gasteiger charge is -2.18. The standard InChI is InChI=1S/C22H24N2O8/c1-5-9(3)15(21(29)30)23-17(25)11-7-13-14(8-12(11)18(23)26)20(28)24(19(13)27)16(22(31)32)10(4)6-2/h7-10,15-16H,5-6H2,1-4H3,(H,29,30)(H,31,32)/t9?,10?,15-,16-/m0/s1. The Kier molecular flexibility index (Phi) is 5.90. The van der Waals surface area contributed by atoms with Crippen LogP contribution in [0.2, 0.25) is 0 Å². The molecule has 1 aromatic carbocycles. The van der Waals surface area contributed by atoms with E-state index < -0.39 is 58.1 Å². The zero-order valence-electron chi connectivity index (χ0n) is 18.1. The minimum absolute atomic E-state index is 0.179. The lowest BCUT2D eigenvalue weighted by Crippen LogP contribution is -2.38. The zero-order valence-corrected chi connectivity index (χ0v) is 18.1. The maximum Gasteiger partial charge on any atom is 0.327 e. The summed E-state index contributed by atoms with van der Waals surface area (Å²) < 4.78 is 1.31. The van der Waals surface area contributed by atoms with Gasteiger partial charge in [0.1, 0.15) is 12.1 Å². The van der Waals surface area contributed by atoms with Gasteiger partial charge in [0.05, 0.1) is 21.5 Å². The smallest absolute Gasteiger partial charge is 0.327 e. The fourth-order valence-electron chi connectivity index (χ4n) is 4.18. The Morgan fingerprint density at radius 2 is 0.938 bits per heavy atom. The van der Waals surface area contributed by atoms with Crippen LogP contribution in [0.1, 0.15) is 52.6 Å². The van der Waals surface area contributed by atoms with Gasteiger partial charge in [-0.3, -0.25) is 28.3 Å². The Balaban J connectivity index is 2.40. The van der Waals surface area contributed by atoms with Gasteiger partial charge in [-0.05, 0) is 24.0 Å². The lowest BCUT2D eigenvalue weighted by molar-refractivity contribution is -0.143. The number of rotatable bonds is 8. The summed E-state index contributed by atoms with van der Waals surface area (Å²) in [7, 11) is 0. The average molecular weight is 444 g/mol. The van der Waals surface area contributed by atoms with Crippen molar-refractivity contribution >= 4 is 33.5 Å². The molecule has 0 aliphatic heterocycles. The molecule has 3 rings (SSSR count). The summed E-state index contributed by atoms with van der Waals surface area (Å²) in [6.45, 7) is 6.67. The molecule has 170 valence electrons. The number of hydrogen-bond donors (Lipinski definition) is 2. The first-order valence-electron chi connectivity index (χ1n) is 10.4. The van der Waals surface area contributed by atoms with Gasteiger partial charge >= 0.3 is 11.9 Å². The van der Waals surface area contributed by atoms with Crippen LogP contribution in [0.4, 0.5) is 0 Å². The second-order valence-electron chi connectivity index (χ2n) is 8.24. The molecular formula is C22H24N2O8. The van der Waals surface area contributed by atoms with E-state index in [0.717, 1.165) is 12.1 Å². The summed E-state index contributed by atoms with van der Waals surface area (Å²) in [5.74, 6) is -3.71. The Bertz CT molecular complexity index is 1250. The molecule has 4 atom stereocenters. The molecule has 0 spiro atoms. The largest absolute Gasteiger partial charge is 0.480 e. The molecule has 0 aliphatic carbocycles. The van der Waals surface area contributed by atoms with E-state index in [4.69, 9.17) is 0 Å². The van der Waals surface area contributed by atoms with E-state index >= 15 is 0 Å². The molecule has 0 bridgehead atoms. The second kappa shape index (κ2) is 8.18. The molecule has 0 aliphatic rings. The number of aromatic nitrogens is 2. The van der Waals surface area contributed by atoms with Crippen LogP contribution < -0.4 is 22.2 Å². The number of carbonyl (C=O) groups is 2. The Labute approximate surface area is 181 Å². The van der Waals surface area contributed by atoms with E-state index in [1.807, 2.05) is 0 Å². The summed E-state index contributed by atoms with van der Waals surface area (Å²) in [6.07, 6.45) is 0.804. The second-order valence-corrected chi connectivity index (χ2v) is 8.24. The van der Waals surface area contributed by atoms with Crippen molar-refractivity contribution in [1.29, 1.82) is 0 Å². The van der Waals surface area contributed by atoms with Crippen LogP contribution in [0.5, 0.6) is 0 Å². The zero-order chi connectivity index (χ0) is 24.1. The van der Waals surface area contributed by atoms with Crippen LogP contribution in [0.15, 0.2) is 31.3 Å². The molecule has 0 saturated carbocycles. The maximum absolute atomic E-state index is 13.0. The molecule has 2 N–H and O–H groups in total. The van der Waals surface area contributed by atoms with Crippen molar-refractivity contribution in [1.82, 2.24) is 9.13 Å². The molecule has 0 amide bonds. The topological polar surface area (TPSA) is 153 Å². The summed E-state index contributed by atoms with van der Waals surface area (Å²) in [5.41, 5.74) is -3.46. The van der Waals surface area contributed by atoms with Gasteiger partial charge in [-0.25, -0.2) is 9.59 Å². The Morgan fingerprint density at radius 1 is 0.688 bits per heavy atom. The molecule has 0 radical (unpaired) electrons. The predicted molar refractivity (Wildman–Crippen MR) is 117 cm³/mol. The molecule has 0 fully saturated rings.